The van der Waals surface area contributed by atoms with Gasteiger partial charge in [-0.15, -0.1) is 0 Å². The van der Waals surface area contributed by atoms with Crippen LogP contribution < -0.4 is 15.1 Å². The number of ether oxygens (including phenoxy) is 10. The molecule has 12 heteroatoms. The summed E-state index contributed by atoms with van der Waals surface area (Å²) < 4.78 is 62.6. The minimum absolute atomic E-state index is 0.0562. The van der Waals surface area contributed by atoms with E-state index in [1.165, 1.54) is 10.4 Å². The predicted octanol–water partition coefficient (Wildman–Crippen LogP) is 4.79. The van der Waals surface area contributed by atoms with E-state index >= 15 is 0 Å². The van der Waals surface area contributed by atoms with E-state index in [0.29, 0.717) is 132 Å². The lowest BCUT2D eigenvalue weighted by molar-refractivity contribution is -0.0257. The standard InChI is InChI=1S/C42H64O11Si/c1-42(2,3)54(40-15-9-5-10-16-40,41-17-11-6-12-18-41)53-38-36-51-34-32-49-30-28-47-26-24-45-22-20-43-19-21-44-23-25-46-27-29-48-31-33-50-35-37-52-39-13-7-4-8-14-39/h4-18H,19-38H2,1-3H3. The Morgan fingerprint density at radius 1 is 0.333 bits per heavy atom. The van der Waals surface area contributed by atoms with Gasteiger partial charge in [-0.25, -0.2) is 0 Å². The first-order valence-electron chi connectivity index (χ1n) is 19.2. The molecule has 3 aromatic rings. The zero-order chi connectivity index (χ0) is 38.3. The molecule has 0 atom stereocenters. The molecule has 0 aliphatic heterocycles. The summed E-state index contributed by atoms with van der Waals surface area (Å²) in [5.41, 5.74) is 0. The Balaban J connectivity index is 1.02. The van der Waals surface area contributed by atoms with Crippen molar-refractivity contribution >= 4 is 18.7 Å². The Kier molecular flexibility index (Phi) is 25.0. The molecule has 3 aromatic carbocycles. The third-order valence-electron chi connectivity index (χ3n) is 8.18. The second-order valence-corrected chi connectivity index (χ2v) is 17.5. The minimum Gasteiger partial charge on any atom is -0.491 e. The molecule has 0 aliphatic rings. The zero-order valence-electron chi connectivity index (χ0n) is 32.8. The van der Waals surface area contributed by atoms with Crippen LogP contribution in [0.5, 0.6) is 5.75 Å². The van der Waals surface area contributed by atoms with Crippen LogP contribution in [0.15, 0.2) is 91.0 Å². The summed E-state index contributed by atoms with van der Waals surface area (Å²) in [6.45, 7) is 17.1. The molecule has 3 rings (SSSR count). The van der Waals surface area contributed by atoms with Gasteiger partial charge in [0.1, 0.15) is 12.4 Å². The lowest BCUT2D eigenvalue weighted by Gasteiger charge is -2.43. The maximum Gasteiger partial charge on any atom is 0.261 e. The Morgan fingerprint density at radius 2 is 0.593 bits per heavy atom. The molecule has 0 heterocycles. The van der Waals surface area contributed by atoms with E-state index in [2.05, 4.69) is 81.4 Å². The fourth-order valence-corrected chi connectivity index (χ4v) is 10.2. The van der Waals surface area contributed by atoms with Gasteiger partial charge in [-0.3, -0.25) is 0 Å². The summed E-state index contributed by atoms with van der Waals surface area (Å²) in [5, 5.41) is 2.48. The van der Waals surface area contributed by atoms with E-state index in [1.807, 2.05) is 30.3 Å². The molecule has 0 bridgehead atoms. The topological polar surface area (TPSA) is 102 Å². The first-order chi connectivity index (χ1) is 26.5. The van der Waals surface area contributed by atoms with Crippen LogP contribution in [0.1, 0.15) is 20.8 Å². The number of benzene rings is 3. The van der Waals surface area contributed by atoms with Gasteiger partial charge in [0.2, 0.25) is 0 Å². The summed E-state index contributed by atoms with van der Waals surface area (Å²) >= 11 is 0. The highest BCUT2D eigenvalue weighted by molar-refractivity contribution is 6.99. The predicted molar refractivity (Wildman–Crippen MR) is 213 cm³/mol. The fraction of sp³-hybridized carbons (Fsp3) is 0.571. The van der Waals surface area contributed by atoms with Crippen molar-refractivity contribution in [2.45, 2.75) is 25.8 Å². The van der Waals surface area contributed by atoms with E-state index in [-0.39, 0.29) is 5.04 Å². The van der Waals surface area contributed by atoms with Crippen molar-refractivity contribution in [2.75, 3.05) is 132 Å². The van der Waals surface area contributed by atoms with Crippen molar-refractivity contribution in [2.24, 2.45) is 0 Å². The number of hydrogen-bond acceptors (Lipinski definition) is 11. The molecular formula is C42H64O11Si. The van der Waals surface area contributed by atoms with Crippen molar-refractivity contribution in [1.82, 2.24) is 0 Å². The minimum atomic E-state index is -2.54. The molecule has 0 unspecified atom stereocenters. The largest absolute Gasteiger partial charge is 0.491 e. The molecule has 11 nitrogen and oxygen atoms in total. The highest BCUT2D eigenvalue weighted by Gasteiger charge is 2.50. The molecule has 0 fully saturated rings. The summed E-state index contributed by atoms with van der Waals surface area (Å²) in [4.78, 5) is 0. The first-order valence-corrected chi connectivity index (χ1v) is 21.1. The third kappa shape index (κ3) is 19.2. The Labute approximate surface area is 324 Å². The van der Waals surface area contributed by atoms with E-state index < -0.39 is 8.32 Å². The maximum atomic E-state index is 6.85. The lowest BCUT2D eigenvalue weighted by Crippen LogP contribution is -2.66. The number of para-hydroxylation sites is 1. The van der Waals surface area contributed by atoms with Gasteiger partial charge in [-0.1, -0.05) is 99.6 Å². The van der Waals surface area contributed by atoms with Crippen LogP contribution in [0, 0.1) is 0 Å². The van der Waals surface area contributed by atoms with Crippen molar-refractivity contribution in [3.63, 3.8) is 0 Å². The molecule has 0 N–H and O–H groups in total. The fourth-order valence-electron chi connectivity index (χ4n) is 5.61. The Bertz CT molecular complexity index is 1230. The molecule has 0 aliphatic carbocycles. The molecule has 0 spiro atoms. The molecule has 0 aromatic heterocycles. The maximum absolute atomic E-state index is 6.85. The zero-order valence-corrected chi connectivity index (χ0v) is 33.8. The van der Waals surface area contributed by atoms with Gasteiger partial charge >= 0.3 is 0 Å². The summed E-state index contributed by atoms with van der Waals surface area (Å²) in [7, 11) is -2.54. The SMILES string of the molecule is CC(C)(C)[Si](OCCOCCOCCOCCOCCOCCOCCOCCOCCOCCOc1ccccc1)(c1ccccc1)c1ccccc1. The average Bonchev–Trinajstić information content (AvgIpc) is 3.19. The van der Waals surface area contributed by atoms with Crippen LogP contribution in [-0.4, -0.2) is 140 Å². The van der Waals surface area contributed by atoms with E-state index in [4.69, 9.17) is 51.8 Å². The lowest BCUT2D eigenvalue weighted by atomic mass is 10.2. The molecule has 0 saturated heterocycles. The number of rotatable bonds is 34. The second kappa shape index (κ2) is 29.5. The second-order valence-electron chi connectivity index (χ2n) is 13.2. The molecule has 0 amide bonds. The average molecular weight is 773 g/mol. The number of hydrogen-bond donors (Lipinski definition) is 0. The van der Waals surface area contributed by atoms with Crippen LogP contribution >= 0.6 is 0 Å². The quantitative estimate of drug-likeness (QED) is 0.0619. The molecule has 302 valence electrons. The highest BCUT2D eigenvalue weighted by Crippen LogP contribution is 2.36. The molecular weight excluding hydrogens is 709 g/mol. The molecule has 0 radical (unpaired) electrons. The van der Waals surface area contributed by atoms with Gasteiger partial charge < -0.3 is 51.8 Å². The Hall–Kier alpha value is -2.72. The van der Waals surface area contributed by atoms with Crippen molar-refractivity contribution in [3.8, 4) is 5.75 Å². The van der Waals surface area contributed by atoms with Crippen molar-refractivity contribution in [1.29, 1.82) is 0 Å². The van der Waals surface area contributed by atoms with E-state index in [1.54, 1.807) is 0 Å². The Morgan fingerprint density at radius 3 is 0.889 bits per heavy atom. The van der Waals surface area contributed by atoms with Crippen LogP contribution in [0.3, 0.4) is 0 Å². The summed E-state index contributed by atoms with van der Waals surface area (Å²) in [6.07, 6.45) is 0. The van der Waals surface area contributed by atoms with Gasteiger partial charge in [0.15, 0.2) is 0 Å². The normalized spacial score (nSPS) is 12.0. The van der Waals surface area contributed by atoms with Crippen LogP contribution in [0.25, 0.3) is 0 Å². The van der Waals surface area contributed by atoms with Crippen LogP contribution in [-0.2, 0) is 47.1 Å². The third-order valence-corrected chi connectivity index (χ3v) is 13.2. The van der Waals surface area contributed by atoms with E-state index in [9.17, 15) is 0 Å². The summed E-state index contributed by atoms with van der Waals surface area (Å²) in [5.74, 6) is 0.844. The van der Waals surface area contributed by atoms with Gasteiger partial charge in [0, 0.05) is 0 Å². The van der Waals surface area contributed by atoms with Crippen molar-refractivity contribution in [3.05, 3.63) is 91.0 Å². The van der Waals surface area contributed by atoms with Crippen molar-refractivity contribution < 1.29 is 51.8 Å². The van der Waals surface area contributed by atoms with Gasteiger partial charge in [-0.2, -0.15) is 0 Å². The van der Waals surface area contributed by atoms with Crippen LogP contribution in [0.2, 0.25) is 5.04 Å². The monoisotopic (exact) mass is 772 g/mol. The smallest absolute Gasteiger partial charge is 0.261 e. The summed E-state index contributed by atoms with van der Waals surface area (Å²) in [6, 6.07) is 31.0. The van der Waals surface area contributed by atoms with Gasteiger partial charge in [-0.05, 0) is 27.5 Å². The first kappa shape index (κ1) is 45.7. The van der Waals surface area contributed by atoms with E-state index in [0.717, 1.165) is 5.75 Å². The van der Waals surface area contributed by atoms with Gasteiger partial charge in [0.25, 0.3) is 8.32 Å². The molecule has 54 heavy (non-hydrogen) atoms. The van der Waals surface area contributed by atoms with Crippen LogP contribution in [0.4, 0.5) is 0 Å². The van der Waals surface area contributed by atoms with Gasteiger partial charge in [0.05, 0.1) is 126 Å². The molecule has 0 saturated carbocycles. The highest BCUT2D eigenvalue weighted by atomic mass is 28.4.